The van der Waals surface area contributed by atoms with Crippen molar-refractivity contribution >= 4 is 75.1 Å². The average molecular weight is 935 g/mol. The minimum Gasteiger partial charge on any atom is -0.480 e. The van der Waals surface area contributed by atoms with Gasteiger partial charge in [-0.25, -0.2) is 33.4 Å². The van der Waals surface area contributed by atoms with Crippen molar-refractivity contribution in [3.8, 4) is 0 Å². The molecule has 0 aromatic carbocycles. The molecule has 31 heteroatoms. The molecule has 0 bridgehead atoms. The number of rotatable bonds is 21. The Bertz CT molecular complexity index is 2100. The Morgan fingerprint density at radius 2 is 1.80 bits per heavy atom. The van der Waals surface area contributed by atoms with Crippen molar-refractivity contribution in [1.82, 2.24) is 35.5 Å². The zero-order valence-electron chi connectivity index (χ0n) is 31.9. The van der Waals surface area contributed by atoms with Crippen LogP contribution in [-0.4, -0.2) is 140 Å². The molecule has 2 aromatic heterocycles. The summed E-state index contributed by atoms with van der Waals surface area (Å²) in [6.07, 6.45) is -3.57. The molecule has 336 valence electrons. The molecule has 8 atom stereocenters. The Morgan fingerprint density at radius 1 is 1.12 bits per heavy atom. The number of nitrogens with one attached hydrogen (secondary N) is 3. The third kappa shape index (κ3) is 13.3. The number of aliphatic hydroxyl groups excluding tert-OH is 2. The summed E-state index contributed by atoms with van der Waals surface area (Å²) < 4.78 is 62.7. The topological polar surface area (TPSA) is 413 Å². The molecule has 0 aliphatic carbocycles. The number of allylic oxidation sites excluding steroid dienone is 1. The number of aliphatic carboxylic acids is 1. The van der Waals surface area contributed by atoms with Gasteiger partial charge in [0.05, 0.1) is 19.5 Å². The van der Waals surface area contributed by atoms with Crippen molar-refractivity contribution < 1.29 is 90.4 Å². The number of thioether (sulfide) groups is 1. The van der Waals surface area contributed by atoms with E-state index < -0.39 is 96.1 Å². The number of carbonyl (C=O) groups is 4. The Balaban J connectivity index is 1.22. The number of aromatic nitrogens is 4. The Morgan fingerprint density at radius 3 is 2.45 bits per heavy atom. The molecule has 0 spiro atoms. The molecule has 2 aliphatic heterocycles. The number of fused-ring (bicyclic) bond motifs is 1. The van der Waals surface area contributed by atoms with Gasteiger partial charge >= 0.3 is 29.4 Å². The number of anilines is 1. The van der Waals surface area contributed by atoms with E-state index >= 15 is 0 Å². The van der Waals surface area contributed by atoms with E-state index in [4.69, 9.17) is 29.1 Å². The van der Waals surface area contributed by atoms with E-state index in [2.05, 4.69) is 35.2 Å². The maximum Gasteiger partial charge on any atom is 0.481 e. The second kappa shape index (κ2) is 19.7. The first-order chi connectivity index (χ1) is 27.7. The van der Waals surface area contributed by atoms with Crippen LogP contribution < -0.4 is 21.7 Å². The van der Waals surface area contributed by atoms with Crippen LogP contribution in [0.2, 0.25) is 0 Å². The van der Waals surface area contributed by atoms with Gasteiger partial charge in [-0.2, -0.15) is 4.31 Å². The molecule has 2 amide bonds. The lowest BCUT2D eigenvalue weighted by Gasteiger charge is -2.30. The molecular formula is C29H45N8O19P3S. The van der Waals surface area contributed by atoms with E-state index in [1.807, 2.05) is 0 Å². The van der Waals surface area contributed by atoms with Crippen molar-refractivity contribution in [2.45, 2.75) is 76.2 Å². The maximum absolute atomic E-state index is 12.8. The van der Waals surface area contributed by atoms with E-state index in [1.54, 1.807) is 0 Å². The number of phosphoric acid groups is 3. The minimum atomic E-state index is -5.61. The summed E-state index contributed by atoms with van der Waals surface area (Å²) in [5, 5.41) is 38.0. The van der Waals surface area contributed by atoms with E-state index in [1.165, 1.54) is 26.8 Å². The summed E-state index contributed by atoms with van der Waals surface area (Å²) in [6, 6.07) is -0.749. The fraction of sp³-hybridized carbons (Fsp3) is 0.621. The number of carbonyl (C=O) groups excluding carboxylic acids is 3. The molecule has 0 radical (unpaired) electrons. The SMILES string of the molecule is CC(C)(COP(=O)(O)OP(=O)(O)OCC1OC(C)(n2cnc3c(N)ncnc32)C(O)C1OP(=O)(O)O)C(O)C(=O)NCCC(=O)NCCSC(=O)/C=C1/CC[C@@H](C(=O)O)N1. The van der Waals surface area contributed by atoms with Crippen molar-refractivity contribution in [1.29, 1.82) is 0 Å². The van der Waals surface area contributed by atoms with Crippen LogP contribution in [0.25, 0.3) is 11.2 Å². The van der Waals surface area contributed by atoms with Gasteiger partial charge in [-0.3, -0.25) is 32.5 Å². The first kappa shape index (κ1) is 49.2. The van der Waals surface area contributed by atoms with Gasteiger partial charge in [0.25, 0.3) is 0 Å². The molecule has 4 heterocycles. The van der Waals surface area contributed by atoms with Crippen LogP contribution in [0.15, 0.2) is 24.4 Å². The quantitative estimate of drug-likeness (QED) is 0.0388. The van der Waals surface area contributed by atoms with Crippen LogP contribution in [0, 0.1) is 5.41 Å². The second-order valence-electron chi connectivity index (χ2n) is 14.0. The molecule has 2 aliphatic rings. The number of amides is 2. The standard InChI is InChI=1S/C29H45N8O19P3S/c1-28(2,23(41)26(42)32-7-6-18(38)31-8-9-60-19(39)10-15-4-5-16(36-15)27(43)44)12-53-59(50,51)56-58(48,49)52-11-17-21(55-57(45,46)47)22(40)29(3,54-17)37-14-35-20-24(30)33-13-34-25(20)37/h10,13-14,16-17,21-23,36,40-41H,4-9,11-12H2,1-3H3,(H,31,38)(H,32,42)(H,43,44)(H,48,49)(H,50,51)(H2,30,33,34)(H2,45,46,47)/b15-10-/t16-,17?,21?,22?,23?,29?/m0/s1. The lowest BCUT2D eigenvalue weighted by molar-refractivity contribution is -0.139. The van der Waals surface area contributed by atoms with Crippen molar-refractivity contribution in [3.63, 3.8) is 0 Å². The van der Waals surface area contributed by atoms with Gasteiger partial charge in [0, 0.05) is 42.5 Å². The average Bonchev–Trinajstić information content (AvgIpc) is 3.86. The molecule has 0 saturated carbocycles. The van der Waals surface area contributed by atoms with Gasteiger partial charge < -0.3 is 61.3 Å². The van der Waals surface area contributed by atoms with Crippen LogP contribution in [0.5, 0.6) is 0 Å². The lowest BCUT2D eigenvalue weighted by Crippen LogP contribution is -2.46. The summed E-state index contributed by atoms with van der Waals surface area (Å²) in [7, 11) is -16.5. The number of nitrogens with two attached hydrogens (primary N) is 1. The Labute approximate surface area is 344 Å². The fourth-order valence-corrected chi connectivity index (χ4v) is 9.20. The third-order valence-electron chi connectivity index (χ3n) is 8.88. The summed E-state index contributed by atoms with van der Waals surface area (Å²) in [5.41, 5.74) is 2.74. The molecule has 2 fully saturated rings. The first-order valence-corrected chi connectivity index (χ1v) is 23.0. The number of hydrogen-bond acceptors (Lipinski definition) is 20. The molecule has 27 nitrogen and oxygen atoms in total. The second-order valence-corrected chi connectivity index (χ2v) is 19.4. The molecule has 7 unspecified atom stereocenters. The zero-order valence-corrected chi connectivity index (χ0v) is 35.4. The van der Waals surface area contributed by atoms with Crippen molar-refractivity contribution in [3.05, 3.63) is 24.4 Å². The number of imidazole rings is 1. The summed E-state index contributed by atoms with van der Waals surface area (Å²) in [4.78, 5) is 99.2. The van der Waals surface area contributed by atoms with Crippen LogP contribution in [-0.2, 0) is 61.2 Å². The highest BCUT2D eigenvalue weighted by molar-refractivity contribution is 8.14. The predicted octanol–water partition coefficient (Wildman–Crippen LogP) is -1.44. The first-order valence-electron chi connectivity index (χ1n) is 17.5. The minimum absolute atomic E-state index is 0.00839. The highest BCUT2D eigenvalue weighted by Crippen LogP contribution is 2.61. The monoisotopic (exact) mass is 934 g/mol. The predicted molar refractivity (Wildman–Crippen MR) is 204 cm³/mol. The number of hydrogen-bond donors (Lipinski definition) is 11. The highest BCUT2D eigenvalue weighted by atomic mass is 32.2. The lowest BCUT2D eigenvalue weighted by atomic mass is 9.87. The number of carboxylic acid groups (broad SMARTS) is 1. The Kier molecular flexibility index (Phi) is 16.2. The van der Waals surface area contributed by atoms with Gasteiger partial charge in [-0.15, -0.1) is 0 Å². The van der Waals surface area contributed by atoms with E-state index in [-0.39, 0.29) is 47.4 Å². The molecule has 60 heavy (non-hydrogen) atoms. The van der Waals surface area contributed by atoms with Crippen LogP contribution >= 0.6 is 35.2 Å². The molecule has 12 N–H and O–H groups in total. The normalized spacial score (nSPS) is 25.3. The Hall–Kier alpha value is -3.43. The summed E-state index contributed by atoms with van der Waals surface area (Å²) >= 11 is 0.903. The third-order valence-corrected chi connectivity index (χ3v) is 12.8. The van der Waals surface area contributed by atoms with Gasteiger partial charge in [-0.05, 0) is 19.8 Å². The molecule has 2 aromatic rings. The van der Waals surface area contributed by atoms with Crippen molar-refractivity contribution in [2.75, 3.05) is 37.8 Å². The number of ether oxygens (including phenoxy) is 1. The number of phosphoric ester groups is 3. The number of aliphatic hydroxyl groups is 2. The van der Waals surface area contributed by atoms with Gasteiger partial charge in [0.1, 0.15) is 42.3 Å². The number of carboxylic acids is 1. The van der Waals surface area contributed by atoms with Gasteiger partial charge in [0.15, 0.2) is 17.2 Å². The maximum atomic E-state index is 12.8. The summed E-state index contributed by atoms with van der Waals surface area (Å²) in [6.45, 7) is 1.46. The van der Waals surface area contributed by atoms with Crippen LogP contribution in [0.3, 0.4) is 0 Å². The number of nitrogens with zero attached hydrogens (tertiary/aromatic N) is 4. The smallest absolute Gasteiger partial charge is 0.480 e. The van der Waals surface area contributed by atoms with E-state index in [0.717, 1.165) is 29.0 Å². The zero-order chi connectivity index (χ0) is 44.8. The van der Waals surface area contributed by atoms with Crippen molar-refractivity contribution in [2.24, 2.45) is 5.41 Å². The van der Waals surface area contributed by atoms with Gasteiger partial charge in [-0.1, -0.05) is 25.6 Å². The number of nitrogen functional groups attached to an aromatic ring is 1. The van der Waals surface area contributed by atoms with E-state index in [9.17, 15) is 62.7 Å². The van der Waals surface area contributed by atoms with Crippen LogP contribution in [0.1, 0.15) is 40.0 Å². The van der Waals surface area contributed by atoms with E-state index in [0.29, 0.717) is 18.5 Å². The largest absolute Gasteiger partial charge is 0.481 e. The summed E-state index contributed by atoms with van der Waals surface area (Å²) in [5.74, 6) is -2.38. The van der Waals surface area contributed by atoms with Crippen LogP contribution in [0.4, 0.5) is 5.82 Å². The highest BCUT2D eigenvalue weighted by Gasteiger charge is 2.57. The molecular weight excluding hydrogens is 889 g/mol. The fourth-order valence-electron chi connectivity index (χ4n) is 5.75. The van der Waals surface area contributed by atoms with Gasteiger partial charge in [0.2, 0.25) is 16.9 Å². The molecule has 4 rings (SSSR count). The molecule has 2 saturated heterocycles.